The summed E-state index contributed by atoms with van der Waals surface area (Å²) in [5.74, 6) is 0. The average Bonchev–Trinajstić information content (AvgIpc) is 2.14. The maximum atomic E-state index is 12.2. The van der Waals surface area contributed by atoms with Crippen molar-refractivity contribution in [1.82, 2.24) is 5.43 Å². The Morgan fingerprint density at radius 1 is 1.20 bits per heavy atom. The number of hydrazine groups is 1. The standard InChI is InChI=1S/C8H7F3N2S2/c9-8(10,11)5-1-3-6(4-2-5)12-13-7(14)15/h1-4,12H,(H2,13,14,15). The Morgan fingerprint density at radius 3 is 2.13 bits per heavy atom. The predicted octanol–water partition coefficient (Wildman–Crippen LogP) is 2.84. The van der Waals surface area contributed by atoms with E-state index in [1.807, 2.05) is 0 Å². The highest BCUT2D eigenvalue weighted by molar-refractivity contribution is 8.11. The lowest BCUT2D eigenvalue weighted by Crippen LogP contribution is -2.23. The topological polar surface area (TPSA) is 24.1 Å². The Morgan fingerprint density at radius 2 is 1.73 bits per heavy atom. The number of halogens is 3. The van der Waals surface area contributed by atoms with Crippen LogP contribution in [-0.2, 0) is 6.18 Å². The van der Waals surface area contributed by atoms with Crippen LogP contribution in [0.4, 0.5) is 18.9 Å². The van der Waals surface area contributed by atoms with Crippen molar-refractivity contribution in [1.29, 1.82) is 0 Å². The molecule has 0 aliphatic carbocycles. The van der Waals surface area contributed by atoms with Crippen LogP contribution in [0.25, 0.3) is 0 Å². The van der Waals surface area contributed by atoms with Crippen molar-refractivity contribution >= 4 is 34.9 Å². The van der Waals surface area contributed by atoms with Crippen LogP contribution in [-0.4, -0.2) is 4.32 Å². The highest BCUT2D eigenvalue weighted by atomic mass is 32.1. The molecule has 1 rings (SSSR count). The van der Waals surface area contributed by atoms with E-state index in [0.29, 0.717) is 5.69 Å². The van der Waals surface area contributed by atoms with Gasteiger partial charge in [-0.25, -0.2) is 0 Å². The van der Waals surface area contributed by atoms with Gasteiger partial charge in [-0.1, -0.05) is 12.2 Å². The van der Waals surface area contributed by atoms with Crippen LogP contribution in [0.5, 0.6) is 0 Å². The fourth-order valence-corrected chi connectivity index (χ4v) is 0.975. The molecule has 0 bridgehead atoms. The smallest absolute Gasteiger partial charge is 0.300 e. The Balaban J connectivity index is 2.69. The lowest BCUT2D eigenvalue weighted by atomic mass is 10.2. The number of nitrogens with one attached hydrogen (secondary N) is 2. The summed E-state index contributed by atoms with van der Waals surface area (Å²) in [5.41, 5.74) is 4.85. The second-order valence-electron chi connectivity index (χ2n) is 2.63. The molecule has 1 aromatic rings. The summed E-state index contributed by atoms with van der Waals surface area (Å²) in [7, 11) is 0. The van der Waals surface area contributed by atoms with E-state index in [-0.39, 0.29) is 4.32 Å². The van der Waals surface area contributed by atoms with E-state index in [0.717, 1.165) is 12.1 Å². The first-order valence-electron chi connectivity index (χ1n) is 3.82. The van der Waals surface area contributed by atoms with E-state index in [4.69, 9.17) is 0 Å². The summed E-state index contributed by atoms with van der Waals surface area (Å²) < 4.78 is 36.7. The summed E-state index contributed by atoms with van der Waals surface area (Å²) in [6, 6.07) is 4.54. The van der Waals surface area contributed by atoms with Crippen molar-refractivity contribution in [2.75, 3.05) is 5.43 Å². The van der Waals surface area contributed by atoms with E-state index in [1.165, 1.54) is 12.1 Å². The van der Waals surface area contributed by atoms with Gasteiger partial charge in [0.15, 0.2) is 0 Å². The van der Waals surface area contributed by atoms with Crippen molar-refractivity contribution < 1.29 is 13.2 Å². The molecule has 0 fully saturated rings. The van der Waals surface area contributed by atoms with Crippen LogP contribution in [0, 0.1) is 0 Å². The number of thiol groups is 1. The molecule has 0 amide bonds. The van der Waals surface area contributed by atoms with Crippen LogP contribution in [0.3, 0.4) is 0 Å². The zero-order chi connectivity index (χ0) is 11.5. The van der Waals surface area contributed by atoms with Crippen LogP contribution >= 0.6 is 24.8 Å². The Bertz CT molecular complexity index is 348. The monoisotopic (exact) mass is 252 g/mol. The molecule has 0 saturated carbocycles. The van der Waals surface area contributed by atoms with Crippen LogP contribution in [0.1, 0.15) is 5.56 Å². The van der Waals surface area contributed by atoms with Gasteiger partial charge < -0.3 is 0 Å². The van der Waals surface area contributed by atoms with Crippen molar-refractivity contribution in [2.45, 2.75) is 6.18 Å². The highest BCUT2D eigenvalue weighted by Gasteiger charge is 2.29. The quantitative estimate of drug-likeness (QED) is 0.428. The third-order valence-electron chi connectivity index (χ3n) is 1.53. The molecule has 15 heavy (non-hydrogen) atoms. The van der Waals surface area contributed by atoms with E-state index >= 15 is 0 Å². The zero-order valence-electron chi connectivity index (χ0n) is 7.30. The van der Waals surface area contributed by atoms with E-state index in [1.54, 1.807) is 0 Å². The SMILES string of the molecule is FC(F)(F)c1ccc(NNC(=S)S)cc1. The van der Waals surface area contributed by atoms with Crippen LogP contribution in [0.15, 0.2) is 24.3 Å². The average molecular weight is 252 g/mol. The van der Waals surface area contributed by atoms with Crippen molar-refractivity contribution in [3.63, 3.8) is 0 Å². The van der Waals surface area contributed by atoms with Gasteiger partial charge in [0.25, 0.3) is 0 Å². The van der Waals surface area contributed by atoms with Crippen LogP contribution in [0.2, 0.25) is 0 Å². The van der Waals surface area contributed by atoms with Gasteiger partial charge in [-0.3, -0.25) is 10.9 Å². The van der Waals surface area contributed by atoms with Gasteiger partial charge in [-0.15, -0.1) is 12.6 Å². The predicted molar refractivity (Wildman–Crippen MR) is 59.8 cm³/mol. The molecule has 0 unspecified atom stereocenters. The number of benzene rings is 1. The third-order valence-corrected chi connectivity index (χ3v) is 1.74. The van der Waals surface area contributed by atoms with Gasteiger partial charge in [0.1, 0.15) is 4.32 Å². The van der Waals surface area contributed by atoms with Crippen molar-refractivity contribution in [3.05, 3.63) is 29.8 Å². The minimum atomic E-state index is -4.31. The summed E-state index contributed by atoms with van der Waals surface area (Å²) in [6.07, 6.45) is -4.31. The van der Waals surface area contributed by atoms with Gasteiger partial charge in [-0.05, 0) is 24.3 Å². The molecule has 0 saturated heterocycles. The number of hydrogen-bond donors (Lipinski definition) is 3. The Hall–Kier alpha value is -0.950. The zero-order valence-corrected chi connectivity index (χ0v) is 9.01. The lowest BCUT2D eigenvalue weighted by molar-refractivity contribution is -0.137. The molecule has 0 radical (unpaired) electrons. The van der Waals surface area contributed by atoms with Gasteiger partial charge in [0, 0.05) is 0 Å². The van der Waals surface area contributed by atoms with Gasteiger partial charge in [0.05, 0.1) is 11.3 Å². The summed E-state index contributed by atoms with van der Waals surface area (Å²) in [6.45, 7) is 0. The maximum absolute atomic E-state index is 12.2. The van der Waals surface area contributed by atoms with Crippen LogP contribution < -0.4 is 10.9 Å². The number of hydrogen-bond acceptors (Lipinski definition) is 2. The first kappa shape index (κ1) is 12.1. The second-order valence-corrected chi connectivity index (χ2v) is 3.79. The largest absolute Gasteiger partial charge is 0.416 e. The van der Waals surface area contributed by atoms with E-state index in [2.05, 4.69) is 35.7 Å². The summed E-state index contributed by atoms with van der Waals surface area (Å²) >= 11 is 8.36. The normalized spacial score (nSPS) is 10.9. The molecule has 0 heterocycles. The second kappa shape index (κ2) is 4.71. The molecule has 0 atom stereocenters. The van der Waals surface area contributed by atoms with Gasteiger partial charge in [0.2, 0.25) is 0 Å². The Kier molecular flexibility index (Phi) is 3.81. The molecule has 7 heteroatoms. The molecule has 0 aliphatic rings. The molecule has 82 valence electrons. The fraction of sp³-hybridized carbons (Fsp3) is 0.125. The number of thiocarbonyl (C=S) groups is 1. The molecule has 0 aliphatic heterocycles. The molecule has 2 N–H and O–H groups in total. The minimum absolute atomic E-state index is 0.204. The number of anilines is 1. The highest BCUT2D eigenvalue weighted by Crippen LogP contribution is 2.29. The van der Waals surface area contributed by atoms with Crippen molar-refractivity contribution in [3.8, 4) is 0 Å². The van der Waals surface area contributed by atoms with Gasteiger partial charge >= 0.3 is 6.18 Å². The first-order chi connectivity index (χ1) is 6.89. The molecular formula is C8H7F3N2S2. The lowest BCUT2D eigenvalue weighted by Gasteiger charge is -2.09. The molecule has 0 aromatic heterocycles. The molecule has 1 aromatic carbocycles. The fourth-order valence-electron chi connectivity index (χ4n) is 0.868. The summed E-state index contributed by atoms with van der Waals surface area (Å²) in [5, 5.41) is 0. The Labute approximate surface area is 95.2 Å². The van der Waals surface area contributed by atoms with Gasteiger partial charge in [-0.2, -0.15) is 13.2 Å². The van der Waals surface area contributed by atoms with E-state index in [9.17, 15) is 13.2 Å². The molecule has 2 nitrogen and oxygen atoms in total. The first-order valence-corrected chi connectivity index (χ1v) is 4.67. The summed E-state index contributed by atoms with van der Waals surface area (Å²) in [4.78, 5) is 0. The molecule has 0 spiro atoms. The number of alkyl halides is 3. The molecular weight excluding hydrogens is 245 g/mol. The maximum Gasteiger partial charge on any atom is 0.416 e. The number of rotatable bonds is 2. The minimum Gasteiger partial charge on any atom is -0.300 e. The third kappa shape index (κ3) is 3.96. The van der Waals surface area contributed by atoms with Crippen molar-refractivity contribution in [2.24, 2.45) is 0 Å². The van der Waals surface area contributed by atoms with E-state index < -0.39 is 11.7 Å².